The summed E-state index contributed by atoms with van der Waals surface area (Å²) in [5.41, 5.74) is 0.411. The highest BCUT2D eigenvalue weighted by atomic mass is 19.1. The first-order chi connectivity index (χ1) is 6.20. The molecule has 0 aromatic heterocycles. The van der Waals surface area contributed by atoms with E-state index >= 15 is 0 Å². The fraction of sp³-hybridized carbons (Fsp3) is 0.222. The molecule has 1 aromatic rings. The Morgan fingerprint density at radius 3 is 3.00 bits per heavy atom. The van der Waals surface area contributed by atoms with Crippen LogP contribution in [0.25, 0.3) is 0 Å². The van der Waals surface area contributed by atoms with Crippen LogP contribution in [0.5, 0.6) is 5.75 Å². The van der Waals surface area contributed by atoms with E-state index in [1.165, 1.54) is 0 Å². The van der Waals surface area contributed by atoms with Gasteiger partial charge in [0.25, 0.3) is 0 Å². The molecule has 68 valence electrons. The molecule has 0 atom stereocenters. The summed E-state index contributed by atoms with van der Waals surface area (Å²) in [6.45, 7) is 0.430. The van der Waals surface area contributed by atoms with E-state index < -0.39 is 11.8 Å². The minimum atomic E-state index is -1.28. The van der Waals surface area contributed by atoms with Gasteiger partial charge in [0.2, 0.25) is 0 Å². The second kappa shape index (κ2) is 2.73. The maximum atomic E-state index is 13.0. The molecule has 1 aliphatic rings. The SMILES string of the molecule is O=C(O)c1c(F)ccc2c1OCC2. The first-order valence-corrected chi connectivity index (χ1v) is 3.87. The number of ether oxygens (including phenoxy) is 1. The molecule has 0 amide bonds. The van der Waals surface area contributed by atoms with Crippen molar-refractivity contribution >= 4 is 5.97 Å². The first-order valence-electron chi connectivity index (χ1n) is 3.87. The lowest BCUT2D eigenvalue weighted by Crippen LogP contribution is -2.03. The quantitative estimate of drug-likeness (QED) is 0.715. The van der Waals surface area contributed by atoms with Crippen molar-refractivity contribution in [2.75, 3.05) is 6.61 Å². The van der Waals surface area contributed by atoms with Crippen LogP contribution in [0.3, 0.4) is 0 Å². The second-order valence-corrected chi connectivity index (χ2v) is 2.81. The lowest BCUT2D eigenvalue weighted by Gasteiger charge is -2.04. The lowest BCUT2D eigenvalue weighted by atomic mass is 10.1. The van der Waals surface area contributed by atoms with Crippen molar-refractivity contribution in [1.29, 1.82) is 0 Å². The fourth-order valence-electron chi connectivity index (χ4n) is 1.43. The Hall–Kier alpha value is -1.58. The van der Waals surface area contributed by atoms with Crippen molar-refractivity contribution in [3.8, 4) is 5.75 Å². The van der Waals surface area contributed by atoms with Gasteiger partial charge in [-0.25, -0.2) is 9.18 Å². The Bertz CT molecular complexity index is 373. The largest absolute Gasteiger partial charge is 0.492 e. The zero-order valence-corrected chi connectivity index (χ0v) is 6.71. The van der Waals surface area contributed by atoms with Crippen molar-refractivity contribution in [3.63, 3.8) is 0 Å². The lowest BCUT2D eigenvalue weighted by molar-refractivity contribution is 0.0688. The van der Waals surface area contributed by atoms with Crippen LogP contribution >= 0.6 is 0 Å². The van der Waals surface area contributed by atoms with Gasteiger partial charge in [-0.2, -0.15) is 0 Å². The second-order valence-electron chi connectivity index (χ2n) is 2.81. The van der Waals surface area contributed by atoms with Crippen molar-refractivity contribution in [2.24, 2.45) is 0 Å². The maximum absolute atomic E-state index is 13.0. The van der Waals surface area contributed by atoms with Crippen LogP contribution in [0.4, 0.5) is 4.39 Å². The van der Waals surface area contributed by atoms with Gasteiger partial charge in [-0.05, 0) is 11.6 Å². The van der Waals surface area contributed by atoms with Gasteiger partial charge in [0.15, 0.2) is 0 Å². The number of carboxylic acid groups (broad SMARTS) is 1. The van der Waals surface area contributed by atoms with E-state index in [1.54, 1.807) is 6.07 Å². The Kier molecular flexibility index (Phi) is 1.69. The summed E-state index contributed by atoms with van der Waals surface area (Å²) in [7, 11) is 0. The third-order valence-electron chi connectivity index (χ3n) is 2.02. The summed E-state index contributed by atoms with van der Waals surface area (Å²) in [5, 5.41) is 8.71. The standard InChI is InChI=1S/C9H7FO3/c10-6-2-1-5-3-4-13-8(5)7(6)9(11)12/h1-2H,3-4H2,(H,11,12). The highest BCUT2D eigenvalue weighted by Gasteiger charge is 2.23. The van der Waals surface area contributed by atoms with Gasteiger partial charge in [-0.15, -0.1) is 0 Å². The molecule has 0 saturated heterocycles. The Morgan fingerprint density at radius 1 is 1.54 bits per heavy atom. The fourth-order valence-corrected chi connectivity index (χ4v) is 1.43. The van der Waals surface area contributed by atoms with E-state index in [1.807, 2.05) is 0 Å². The first kappa shape index (κ1) is 8.04. The molecular formula is C9H7FO3. The van der Waals surface area contributed by atoms with Gasteiger partial charge < -0.3 is 9.84 Å². The molecule has 0 aliphatic carbocycles. The molecule has 2 rings (SSSR count). The molecule has 0 bridgehead atoms. The third-order valence-corrected chi connectivity index (χ3v) is 2.02. The third kappa shape index (κ3) is 1.14. The molecule has 0 saturated carbocycles. The van der Waals surface area contributed by atoms with Crippen molar-refractivity contribution < 1.29 is 19.0 Å². The van der Waals surface area contributed by atoms with Crippen LogP contribution in [0.1, 0.15) is 15.9 Å². The average Bonchev–Trinajstić information content (AvgIpc) is 2.50. The average molecular weight is 182 g/mol. The molecule has 0 radical (unpaired) electrons. The minimum Gasteiger partial charge on any atom is -0.492 e. The van der Waals surface area contributed by atoms with Crippen LogP contribution in [-0.2, 0) is 6.42 Å². The summed E-state index contributed by atoms with van der Waals surface area (Å²) < 4.78 is 18.1. The zero-order valence-electron chi connectivity index (χ0n) is 6.71. The molecule has 0 spiro atoms. The van der Waals surface area contributed by atoms with Gasteiger partial charge in [-0.3, -0.25) is 0 Å². The molecule has 0 fully saturated rings. The van der Waals surface area contributed by atoms with Crippen LogP contribution in [-0.4, -0.2) is 17.7 Å². The molecule has 1 aromatic carbocycles. The Morgan fingerprint density at radius 2 is 2.31 bits per heavy atom. The van der Waals surface area contributed by atoms with Crippen LogP contribution in [0.15, 0.2) is 12.1 Å². The number of carboxylic acids is 1. The highest BCUT2D eigenvalue weighted by Crippen LogP contribution is 2.31. The Labute approximate surface area is 73.8 Å². The van der Waals surface area contributed by atoms with E-state index in [-0.39, 0.29) is 11.3 Å². The van der Waals surface area contributed by atoms with Gasteiger partial charge in [-0.1, -0.05) is 6.07 Å². The molecule has 4 heteroatoms. The smallest absolute Gasteiger partial charge is 0.342 e. The van der Waals surface area contributed by atoms with Gasteiger partial charge in [0.05, 0.1) is 6.61 Å². The molecule has 0 unspecified atom stereocenters. The number of aromatic carboxylic acids is 1. The summed E-state index contributed by atoms with van der Waals surface area (Å²) in [4.78, 5) is 10.7. The van der Waals surface area contributed by atoms with Gasteiger partial charge in [0, 0.05) is 6.42 Å². The summed E-state index contributed by atoms with van der Waals surface area (Å²) in [5.74, 6) is -1.84. The number of carbonyl (C=O) groups is 1. The molecule has 1 heterocycles. The van der Waals surface area contributed by atoms with E-state index in [9.17, 15) is 9.18 Å². The van der Waals surface area contributed by atoms with Gasteiger partial charge >= 0.3 is 5.97 Å². The minimum absolute atomic E-state index is 0.188. The van der Waals surface area contributed by atoms with Crippen LogP contribution < -0.4 is 4.74 Å². The highest BCUT2D eigenvalue weighted by molar-refractivity contribution is 5.92. The van der Waals surface area contributed by atoms with Crippen LogP contribution in [0, 0.1) is 5.82 Å². The summed E-state index contributed by atoms with van der Waals surface area (Å²) >= 11 is 0. The maximum Gasteiger partial charge on any atom is 0.342 e. The Balaban J connectivity index is 2.65. The number of hydrogen-bond acceptors (Lipinski definition) is 2. The monoisotopic (exact) mass is 182 g/mol. The summed E-state index contributed by atoms with van der Waals surface area (Å²) in [6.07, 6.45) is 0.649. The number of hydrogen-bond donors (Lipinski definition) is 1. The van der Waals surface area contributed by atoms with E-state index in [4.69, 9.17) is 9.84 Å². The molecule has 1 aliphatic heterocycles. The molecular weight excluding hydrogens is 175 g/mol. The van der Waals surface area contributed by atoms with E-state index in [0.29, 0.717) is 13.0 Å². The zero-order chi connectivity index (χ0) is 9.42. The molecule has 1 N–H and O–H groups in total. The number of benzene rings is 1. The summed E-state index contributed by atoms with van der Waals surface area (Å²) in [6, 6.07) is 2.72. The number of rotatable bonds is 1. The van der Waals surface area contributed by atoms with Crippen molar-refractivity contribution in [1.82, 2.24) is 0 Å². The van der Waals surface area contributed by atoms with E-state index in [0.717, 1.165) is 11.6 Å². The topological polar surface area (TPSA) is 46.5 Å². The predicted octanol–water partition coefficient (Wildman–Crippen LogP) is 1.46. The molecule has 13 heavy (non-hydrogen) atoms. The normalized spacial score (nSPS) is 13.6. The number of halogens is 1. The number of fused-ring (bicyclic) bond motifs is 1. The van der Waals surface area contributed by atoms with Crippen molar-refractivity contribution in [2.45, 2.75) is 6.42 Å². The predicted molar refractivity (Wildman–Crippen MR) is 42.6 cm³/mol. The molecule has 3 nitrogen and oxygen atoms in total. The van der Waals surface area contributed by atoms with Gasteiger partial charge in [0.1, 0.15) is 17.1 Å². The van der Waals surface area contributed by atoms with E-state index in [2.05, 4.69) is 0 Å². The van der Waals surface area contributed by atoms with Crippen molar-refractivity contribution in [3.05, 3.63) is 29.1 Å². The van der Waals surface area contributed by atoms with Crippen LogP contribution in [0.2, 0.25) is 0 Å².